The molecule has 0 amide bonds. The minimum absolute atomic E-state index is 0.0717. The molecule has 6 heteroatoms. The molecule has 0 spiro atoms. The number of ether oxygens (including phenoxy) is 6. The summed E-state index contributed by atoms with van der Waals surface area (Å²) in [6.07, 6.45) is 0.727. The second-order valence-corrected chi connectivity index (χ2v) is 8.94. The molecule has 0 aliphatic carbocycles. The van der Waals surface area contributed by atoms with Gasteiger partial charge in [-0.1, -0.05) is 36.4 Å². The first-order valence-electron chi connectivity index (χ1n) is 11.8. The third-order valence-corrected chi connectivity index (χ3v) is 6.16. The van der Waals surface area contributed by atoms with Crippen LogP contribution in [0.4, 0.5) is 0 Å². The van der Waals surface area contributed by atoms with Gasteiger partial charge in [-0.2, -0.15) is 0 Å². The van der Waals surface area contributed by atoms with Crippen LogP contribution in [0, 0.1) is 0 Å². The van der Waals surface area contributed by atoms with Gasteiger partial charge in [0.05, 0.1) is 19.8 Å². The molecule has 3 atom stereocenters. The minimum Gasteiger partial charge on any atom is -0.491 e. The zero-order valence-corrected chi connectivity index (χ0v) is 18.9. The van der Waals surface area contributed by atoms with Gasteiger partial charge in [0.2, 0.25) is 0 Å². The first-order valence-corrected chi connectivity index (χ1v) is 11.8. The molecular weight excluding hydrogens is 432 g/mol. The van der Waals surface area contributed by atoms with Gasteiger partial charge in [0, 0.05) is 5.92 Å². The van der Waals surface area contributed by atoms with Crippen LogP contribution in [0.15, 0.2) is 72.8 Å². The van der Waals surface area contributed by atoms with Gasteiger partial charge in [-0.3, -0.25) is 0 Å². The fraction of sp³-hybridized carbons (Fsp3) is 0.357. The Bertz CT molecular complexity index is 926. The van der Waals surface area contributed by atoms with E-state index in [1.807, 2.05) is 36.4 Å². The molecule has 6 nitrogen and oxygen atoms in total. The zero-order valence-electron chi connectivity index (χ0n) is 18.9. The van der Waals surface area contributed by atoms with Crippen molar-refractivity contribution in [3.8, 4) is 17.2 Å². The molecule has 3 aliphatic rings. The summed E-state index contributed by atoms with van der Waals surface area (Å²) in [4.78, 5) is 0. The molecule has 0 radical (unpaired) electrons. The fourth-order valence-electron chi connectivity index (χ4n) is 3.91. The Morgan fingerprint density at radius 2 is 0.765 bits per heavy atom. The summed E-state index contributed by atoms with van der Waals surface area (Å²) >= 11 is 0. The van der Waals surface area contributed by atoms with E-state index in [0.717, 1.165) is 37.1 Å². The van der Waals surface area contributed by atoms with Crippen LogP contribution in [0.3, 0.4) is 0 Å². The standard InChI is InChI=1S/C28H28O6/c1-7-22(29-13-25-16-32-25)8-2-19(1)28(20-3-9-23(10-4-20)30-14-26-17-33-26)21-5-11-24(12-6-21)31-15-27-18-34-27/h1-12,25-28H,13-18H2/t25-,26-,27-/m1/s1. The van der Waals surface area contributed by atoms with Gasteiger partial charge in [-0.15, -0.1) is 0 Å². The van der Waals surface area contributed by atoms with Gasteiger partial charge >= 0.3 is 0 Å². The van der Waals surface area contributed by atoms with Crippen LogP contribution < -0.4 is 14.2 Å². The molecule has 3 aromatic carbocycles. The maximum atomic E-state index is 5.83. The predicted molar refractivity (Wildman–Crippen MR) is 126 cm³/mol. The maximum absolute atomic E-state index is 5.83. The molecule has 0 unspecified atom stereocenters. The molecule has 0 N–H and O–H groups in total. The zero-order chi connectivity index (χ0) is 22.7. The van der Waals surface area contributed by atoms with Gasteiger partial charge < -0.3 is 28.4 Å². The molecule has 3 saturated heterocycles. The Kier molecular flexibility index (Phi) is 6.10. The number of rotatable bonds is 12. The lowest BCUT2D eigenvalue weighted by atomic mass is 9.85. The quantitative estimate of drug-likeness (QED) is 0.298. The smallest absolute Gasteiger partial charge is 0.119 e. The van der Waals surface area contributed by atoms with Crippen LogP contribution in [0.5, 0.6) is 17.2 Å². The number of hydrogen-bond donors (Lipinski definition) is 0. The Morgan fingerprint density at radius 3 is 1.00 bits per heavy atom. The van der Waals surface area contributed by atoms with Crippen molar-refractivity contribution < 1.29 is 28.4 Å². The van der Waals surface area contributed by atoms with E-state index in [4.69, 9.17) is 28.4 Å². The lowest BCUT2D eigenvalue weighted by Gasteiger charge is -2.20. The summed E-state index contributed by atoms with van der Waals surface area (Å²) in [5, 5.41) is 0. The van der Waals surface area contributed by atoms with Gasteiger partial charge in [-0.05, 0) is 53.1 Å². The summed E-state index contributed by atoms with van der Waals surface area (Å²) in [5.74, 6) is 2.64. The lowest BCUT2D eigenvalue weighted by molar-refractivity contribution is 0.263. The molecule has 0 aromatic heterocycles. The van der Waals surface area contributed by atoms with E-state index >= 15 is 0 Å². The normalized spacial score (nSPS) is 22.3. The fourth-order valence-corrected chi connectivity index (χ4v) is 3.91. The monoisotopic (exact) mass is 460 g/mol. The molecule has 3 heterocycles. The van der Waals surface area contributed by atoms with Crippen LogP contribution in [0.1, 0.15) is 22.6 Å². The van der Waals surface area contributed by atoms with Crippen LogP contribution >= 0.6 is 0 Å². The minimum atomic E-state index is 0.0717. The molecule has 3 aromatic rings. The molecule has 176 valence electrons. The first kappa shape index (κ1) is 21.5. The number of hydrogen-bond acceptors (Lipinski definition) is 6. The Balaban J connectivity index is 1.22. The third-order valence-electron chi connectivity index (χ3n) is 6.16. The van der Waals surface area contributed by atoms with E-state index in [-0.39, 0.29) is 24.2 Å². The number of epoxide rings is 3. The molecule has 3 fully saturated rings. The van der Waals surface area contributed by atoms with Crippen molar-refractivity contribution in [2.24, 2.45) is 0 Å². The Labute approximate surface area is 199 Å². The topological polar surface area (TPSA) is 65.3 Å². The van der Waals surface area contributed by atoms with Crippen LogP contribution in [0.2, 0.25) is 0 Å². The van der Waals surface area contributed by atoms with Crippen molar-refractivity contribution in [1.82, 2.24) is 0 Å². The van der Waals surface area contributed by atoms with E-state index in [9.17, 15) is 0 Å². The molecule has 6 rings (SSSR count). The predicted octanol–water partition coefficient (Wildman–Crippen LogP) is 4.20. The van der Waals surface area contributed by atoms with E-state index in [2.05, 4.69) is 36.4 Å². The Morgan fingerprint density at radius 1 is 0.500 bits per heavy atom. The third kappa shape index (κ3) is 5.70. The highest BCUT2D eigenvalue weighted by Crippen LogP contribution is 2.35. The van der Waals surface area contributed by atoms with Crippen LogP contribution in [-0.4, -0.2) is 58.0 Å². The van der Waals surface area contributed by atoms with Crippen molar-refractivity contribution in [3.05, 3.63) is 89.5 Å². The largest absolute Gasteiger partial charge is 0.491 e. The van der Waals surface area contributed by atoms with Crippen molar-refractivity contribution >= 4 is 0 Å². The van der Waals surface area contributed by atoms with Gasteiger partial charge in [0.15, 0.2) is 0 Å². The SMILES string of the molecule is c1cc(C(c2ccc(OC[C@@H]3CO3)cc2)c2ccc(OC[C@@H]3CO3)cc2)ccc1OC[C@@H]1CO1. The summed E-state index contributed by atoms with van der Waals surface area (Å²) < 4.78 is 33.2. The van der Waals surface area contributed by atoms with Crippen LogP contribution in [-0.2, 0) is 14.2 Å². The first-order chi connectivity index (χ1) is 16.8. The van der Waals surface area contributed by atoms with Crippen molar-refractivity contribution in [3.63, 3.8) is 0 Å². The van der Waals surface area contributed by atoms with E-state index in [1.54, 1.807) is 0 Å². The van der Waals surface area contributed by atoms with E-state index < -0.39 is 0 Å². The lowest BCUT2D eigenvalue weighted by Crippen LogP contribution is -2.07. The maximum Gasteiger partial charge on any atom is 0.119 e. The highest BCUT2D eigenvalue weighted by Gasteiger charge is 2.25. The van der Waals surface area contributed by atoms with Gasteiger partial charge in [0.25, 0.3) is 0 Å². The average molecular weight is 461 g/mol. The molecule has 0 saturated carbocycles. The van der Waals surface area contributed by atoms with E-state index in [0.29, 0.717) is 19.8 Å². The summed E-state index contributed by atoms with van der Waals surface area (Å²) in [7, 11) is 0. The molecule has 0 bridgehead atoms. The molecule has 34 heavy (non-hydrogen) atoms. The average Bonchev–Trinajstić information content (AvgIpc) is 3.73. The van der Waals surface area contributed by atoms with Crippen molar-refractivity contribution in [2.75, 3.05) is 39.6 Å². The van der Waals surface area contributed by atoms with Gasteiger partial charge in [0.1, 0.15) is 55.4 Å². The highest BCUT2D eigenvalue weighted by molar-refractivity contribution is 5.46. The Hall–Kier alpha value is -3.06. The van der Waals surface area contributed by atoms with Crippen molar-refractivity contribution in [2.45, 2.75) is 24.2 Å². The molecule has 3 aliphatic heterocycles. The molecular formula is C28H28O6. The summed E-state index contributed by atoms with van der Waals surface area (Å²) in [5.41, 5.74) is 3.57. The van der Waals surface area contributed by atoms with Gasteiger partial charge in [-0.25, -0.2) is 0 Å². The van der Waals surface area contributed by atoms with E-state index in [1.165, 1.54) is 16.7 Å². The number of benzene rings is 3. The van der Waals surface area contributed by atoms with Crippen LogP contribution in [0.25, 0.3) is 0 Å². The highest BCUT2D eigenvalue weighted by atomic mass is 16.6. The summed E-state index contributed by atoms with van der Waals surface area (Å²) in [6, 6.07) is 25.0. The second kappa shape index (κ2) is 9.66. The summed E-state index contributed by atoms with van der Waals surface area (Å²) in [6.45, 7) is 4.18. The van der Waals surface area contributed by atoms with Crippen molar-refractivity contribution in [1.29, 1.82) is 0 Å². The second-order valence-electron chi connectivity index (χ2n) is 8.94.